The molecule has 4 heteroatoms. The maximum atomic E-state index is 8.48. The summed E-state index contributed by atoms with van der Waals surface area (Å²) >= 11 is 0. The minimum atomic E-state index is 0.734. The highest BCUT2D eigenvalue weighted by atomic mass is 16.4. The van der Waals surface area contributed by atoms with E-state index in [0.29, 0.717) is 0 Å². The first-order valence-corrected chi connectivity index (χ1v) is 3.15. The van der Waals surface area contributed by atoms with Crippen molar-refractivity contribution in [2.24, 2.45) is 5.16 Å². The van der Waals surface area contributed by atoms with Gasteiger partial charge in [0.15, 0.2) is 0 Å². The first-order valence-electron chi connectivity index (χ1n) is 3.15. The SMILES string of the molecule is O/N=C1\CCn2nccc21. The van der Waals surface area contributed by atoms with Gasteiger partial charge in [0.05, 0.1) is 5.69 Å². The molecule has 0 amide bonds. The van der Waals surface area contributed by atoms with Gasteiger partial charge in [-0.25, -0.2) is 0 Å². The van der Waals surface area contributed by atoms with Gasteiger partial charge < -0.3 is 5.21 Å². The van der Waals surface area contributed by atoms with E-state index in [0.717, 1.165) is 24.4 Å². The highest BCUT2D eigenvalue weighted by molar-refractivity contribution is 6.00. The number of nitrogens with zero attached hydrogens (tertiary/aromatic N) is 3. The standard InChI is InChI=1S/C6H7N3O/c10-8-5-2-4-9-6(5)1-3-7-9/h1,3,10H,2,4H2/b8-5+. The van der Waals surface area contributed by atoms with E-state index in [2.05, 4.69) is 10.3 Å². The van der Waals surface area contributed by atoms with Gasteiger partial charge in [0, 0.05) is 19.2 Å². The van der Waals surface area contributed by atoms with Crippen LogP contribution in [0.15, 0.2) is 17.4 Å². The minimum absolute atomic E-state index is 0.734. The molecule has 0 bridgehead atoms. The zero-order chi connectivity index (χ0) is 6.97. The van der Waals surface area contributed by atoms with E-state index in [1.54, 1.807) is 6.20 Å². The van der Waals surface area contributed by atoms with Gasteiger partial charge in [-0.3, -0.25) is 4.68 Å². The normalized spacial score (nSPS) is 19.8. The van der Waals surface area contributed by atoms with Crippen molar-refractivity contribution in [1.29, 1.82) is 0 Å². The molecule has 0 atom stereocenters. The van der Waals surface area contributed by atoms with E-state index < -0.39 is 0 Å². The topological polar surface area (TPSA) is 50.4 Å². The van der Waals surface area contributed by atoms with Crippen molar-refractivity contribution >= 4 is 5.71 Å². The van der Waals surface area contributed by atoms with Gasteiger partial charge in [-0.2, -0.15) is 5.10 Å². The Morgan fingerprint density at radius 1 is 1.70 bits per heavy atom. The zero-order valence-electron chi connectivity index (χ0n) is 5.36. The second kappa shape index (κ2) is 1.83. The highest BCUT2D eigenvalue weighted by Gasteiger charge is 2.17. The van der Waals surface area contributed by atoms with Crippen LogP contribution in [0.4, 0.5) is 0 Å². The van der Waals surface area contributed by atoms with E-state index in [-0.39, 0.29) is 0 Å². The van der Waals surface area contributed by atoms with E-state index in [4.69, 9.17) is 5.21 Å². The van der Waals surface area contributed by atoms with Crippen molar-refractivity contribution in [3.05, 3.63) is 18.0 Å². The highest BCUT2D eigenvalue weighted by Crippen LogP contribution is 2.12. The van der Waals surface area contributed by atoms with Crippen LogP contribution in [0.3, 0.4) is 0 Å². The second-order valence-electron chi connectivity index (χ2n) is 2.24. The molecule has 1 aromatic heterocycles. The summed E-state index contributed by atoms with van der Waals surface area (Å²) in [5.74, 6) is 0. The third kappa shape index (κ3) is 0.556. The average Bonchev–Trinajstić information content (AvgIpc) is 2.44. The van der Waals surface area contributed by atoms with Crippen LogP contribution in [-0.4, -0.2) is 20.7 Å². The molecule has 52 valence electrons. The lowest BCUT2D eigenvalue weighted by molar-refractivity contribution is 0.318. The lowest BCUT2D eigenvalue weighted by Gasteiger charge is -1.88. The number of oxime groups is 1. The molecule has 0 aliphatic carbocycles. The first-order chi connectivity index (χ1) is 4.92. The monoisotopic (exact) mass is 137 g/mol. The van der Waals surface area contributed by atoms with Crippen molar-refractivity contribution < 1.29 is 5.21 Å². The Balaban J connectivity index is 2.53. The Kier molecular flexibility index (Phi) is 1.00. The molecule has 10 heavy (non-hydrogen) atoms. The molecular formula is C6H7N3O. The van der Waals surface area contributed by atoms with Crippen LogP contribution in [0.25, 0.3) is 0 Å². The summed E-state index contributed by atoms with van der Waals surface area (Å²) in [4.78, 5) is 0. The minimum Gasteiger partial charge on any atom is -0.411 e. The van der Waals surface area contributed by atoms with E-state index in [1.807, 2.05) is 10.7 Å². The van der Waals surface area contributed by atoms with Gasteiger partial charge in [0.25, 0.3) is 0 Å². The maximum absolute atomic E-state index is 8.48. The molecule has 1 aliphatic rings. The summed E-state index contributed by atoms with van der Waals surface area (Å²) in [6.45, 7) is 0.835. The Hall–Kier alpha value is -1.32. The van der Waals surface area contributed by atoms with Crippen molar-refractivity contribution in [3.8, 4) is 0 Å². The summed E-state index contributed by atoms with van der Waals surface area (Å²) in [6.07, 6.45) is 2.50. The van der Waals surface area contributed by atoms with E-state index in [1.165, 1.54) is 0 Å². The Morgan fingerprint density at radius 2 is 2.60 bits per heavy atom. The van der Waals surface area contributed by atoms with Crippen LogP contribution in [0.5, 0.6) is 0 Å². The Morgan fingerprint density at radius 3 is 3.40 bits per heavy atom. The molecule has 1 aliphatic heterocycles. The fourth-order valence-electron chi connectivity index (χ4n) is 1.20. The average molecular weight is 137 g/mol. The third-order valence-electron chi connectivity index (χ3n) is 1.69. The Labute approximate surface area is 57.8 Å². The summed E-state index contributed by atoms with van der Waals surface area (Å²) in [5.41, 5.74) is 1.67. The first kappa shape index (κ1) is 5.46. The number of aryl methyl sites for hydroxylation is 1. The third-order valence-corrected chi connectivity index (χ3v) is 1.69. The maximum Gasteiger partial charge on any atom is 0.107 e. The molecule has 4 nitrogen and oxygen atoms in total. The van der Waals surface area contributed by atoms with Crippen molar-refractivity contribution in [2.45, 2.75) is 13.0 Å². The molecule has 0 aromatic carbocycles. The van der Waals surface area contributed by atoms with Gasteiger partial charge in [0.1, 0.15) is 5.71 Å². The van der Waals surface area contributed by atoms with Crippen LogP contribution in [0, 0.1) is 0 Å². The number of rotatable bonds is 0. The van der Waals surface area contributed by atoms with Gasteiger partial charge in [0.2, 0.25) is 0 Å². The molecule has 1 N–H and O–H groups in total. The molecule has 0 spiro atoms. The van der Waals surface area contributed by atoms with Crippen molar-refractivity contribution in [2.75, 3.05) is 0 Å². The molecule has 0 radical (unpaired) electrons. The van der Waals surface area contributed by atoms with Crippen LogP contribution in [0.2, 0.25) is 0 Å². The summed E-state index contributed by atoms with van der Waals surface area (Å²) in [6, 6.07) is 1.85. The quantitative estimate of drug-likeness (QED) is 0.417. The van der Waals surface area contributed by atoms with Crippen molar-refractivity contribution in [1.82, 2.24) is 9.78 Å². The molecular weight excluding hydrogens is 130 g/mol. The summed E-state index contributed by atoms with van der Waals surface area (Å²) in [5, 5.41) is 15.7. The molecule has 1 aromatic rings. The fraction of sp³-hybridized carbons (Fsp3) is 0.333. The lowest BCUT2D eigenvalue weighted by Crippen LogP contribution is -1.94. The number of aromatic nitrogens is 2. The van der Waals surface area contributed by atoms with Gasteiger partial charge in [-0.05, 0) is 6.07 Å². The summed E-state index contributed by atoms with van der Waals surface area (Å²) in [7, 11) is 0. The lowest BCUT2D eigenvalue weighted by atomic mass is 10.2. The summed E-state index contributed by atoms with van der Waals surface area (Å²) < 4.78 is 1.83. The number of fused-ring (bicyclic) bond motifs is 1. The van der Waals surface area contributed by atoms with Gasteiger partial charge >= 0.3 is 0 Å². The zero-order valence-corrected chi connectivity index (χ0v) is 5.36. The fourth-order valence-corrected chi connectivity index (χ4v) is 1.20. The molecule has 0 saturated heterocycles. The molecule has 2 rings (SSSR count). The molecule has 2 heterocycles. The van der Waals surface area contributed by atoms with Crippen LogP contribution < -0.4 is 0 Å². The molecule has 0 fully saturated rings. The molecule has 0 saturated carbocycles. The second-order valence-corrected chi connectivity index (χ2v) is 2.24. The number of hydrogen-bond donors (Lipinski definition) is 1. The Bertz CT molecular complexity index is 276. The largest absolute Gasteiger partial charge is 0.411 e. The van der Waals surface area contributed by atoms with Crippen LogP contribution in [-0.2, 0) is 6.54 Å². The van der Waals surface area contributed by atoms with E-state index >= 15 is 0 Å². The predicted octanol–water partition coefficient (Wildman–Crippen LogP) is 0.465. The smallest absolute Gasteiger partial charge is 0.107 e. The van der Waals surface area contributed by atoms with Crippen LogP contribution in [0.1, 0.15) is 12.1 Å². The van der Waals surface area contributed by atoms with Gasteiger partial charge in [-0.1, -0.05) is 5.16 Å². The van der Waals surface area contributed by atoms with Gasteiger partial charge in [-0.15, -0.1) is 0 Å². The van der Waals surface area contributed by atoms with Crippen molar-refractivity contribution in [3.63, 3.8) is 0 Å². The number of hydrogen-bond acceptors (Lipinski definition) is 3. The molecule has 0 unspecified atom stereocenters. The predicted molar refractivity (Wildman–Crippen MR) is 35.2 cm³/mol. The van der Waals surface area contributed by atoms with E-state index in [9.17, 15) is 0 Å². The van der Waals surface area contributed by atoms with Crippen LogP contribution >= 0.6 is 0 Å².